The Morgan fingerprint density at radius 3 is 1.74 bits per heavy atom. The molecule has 7 rings (SSSR count). The van der Waals surface area contributed by atoms with Crippen LogP contribution in [0.1, 0.15) is 83.8 Å². The molecule has 3 heterocycles. The van der Waals surface area contributed by atoms with Crippen molar-refractivity contribution in [2.75, 3.05) is 40.8 Å². The fourth-order valence-corrected chi connectivity index (χ4v) is 8.50. The van der Waals surface area contributed by atoms with Crippen LogP contribution in [0.5, 0.6) is 23.0 Å². The van der Waals surface area contributed by atoms with Crippen molar-refractivity contribution < 1.29 is 46.1 Å². The molecule has 1 amide bonds. The maximum Gasteiger partial charge on any atom is 0.247 e. The third kappa shape index (κ3) is 11.0. The lowest BCUT2D eigenvalue weighted by atomic mass is 9.90. The number of aryl methyl sites for hydroxylation is 1. The van der Waals surface area contributed by atoms with Gasteiger partial charge in [0.15, 0.2) is 46.3 Å². The number of hydrazone groups is 1. The second-order valence-corrected chi connectivity index (χ2v) is 16.1. The number of aromatic nitrogens is 6. The Hall–Kier alpha value is -7.09. The van der Waals surface area contributed by atoms with E-state index in [-0.39, 0.29) is 40.0 Å². The molecule has 21 heteroatoms. The summed E-state index contributed by atoms with van der Waals surface area (Å²) in [5.74, 6) is -4.22. The molecule has 0 radical (unpaired) electrons. The van der Waals surface area contributed by atoms with E-state index in [0.717, 1.165) is 35.0 Å². The van der Waals surface area contributed by atoms with E-state index in [2.05, 4.69) is 55.8 Å². The average Bonchev–Trinajstić information content (AvgIpc) is 3.90. The van der Waals surface area contributed by atoms with E-state index in [0.29, 0.717) is 79.1 Å². The minimum Gasteiger partial charge on any atom is -0.494 e. The highest BCUT2D eigenvalue weighted by Gasteiger charge is 2.33. The van der Waals surface area contributed by atoms with Crippen LogP contribution in [0.2, 0.25) is 0 Å². The number of amides is 1. The smallest absolute Gasteiger partial charge is 0.247 e. The van der Waals surface area contributed by atoms with Gasteiger partial charge in [0.25, 0.3) is 0 Å². The molecule has 0 aliphatic heterocycles. The van der Waals surface area contributed by atoms with Crippen LogP contribution in [0.4, 0.5) is 23.2 Å². The molecule has 0 saturated carbocycles. The Morgan fingerprint density at radius 1 is 0.853 bits per heavy atom. The number of hydrogen-bond donors (Lipinski definition) is 4. The molecule has 0 bridgehead atoms. The zero-order valence-electron chi connectivity index (χ0n) is 38.9. The number of hydrogen-bond acceptors (Lipinski definition) is 12. The van der Waals surface area contributed by atoms with Gasteiger partial charge in [-0.1, -0.05) is 13.2 Å². The van der Waals surface area contributed by atoms with Crippen LogP contribution in [-0.2, 0) is 42.3 Å². The Balaban J connectivity index is 0.000000232. The molecule has 0 saturated heterocycles. The number of halogens is 5. The number of benzene rings is 2. The molecule has 2 atom stereocenters. The zero-order chi connectivity index (χ0) is 50.0. The van der Waals surface area contributed by atoms with Crippen LogP contribution >= 0.6 is 11.6 Å². The molecular weight excluding hydrogens is 912 g/mol. The quantitative estimate of drug-likeness (QED) is 0.0221. The van der Waals surface area contributed by atoms with E-state index in [1.54, 1.807) is 36.9 Å². The molecule has 364 valence electrons. The van der Waals surface area contributed by atoms with Gasteiger partial charge < -0.3 is 30.0 Å². The molecule has 2 aromatic carbocycles. The third-order valence-electron chi connectivity index (χ3n) is 11.7. The first-order valence-electron chi connectivity index (χ1n) is 21.3. The second-order valence-electron chi connectivity index (χ2n) is 15.7. The highest BCUT2D eigenvalue weighted by molar-refractivity contribution is 6.66. The number of nitrogens with one attached hydrogen (secondary N) is 3. The number of nitrogens with two attached hydrogens (primary N) is 1. The number of ether oxygens (including phenoxy) is 4. The monoisotopic (exact) mass is 966 g/mol. The van der Waals surface area contributed by atoms with Crippen LogP contribution in [-0.4, -0.2) is 88.5 Å². The Kier molecular flexibility index (Phi) is 17.6. The summed E-state index contributed by atoms with van der Waals surface area (Å²) in [6.07, 6.45) is 8.46. The highest BCUT2D eigenvalue weighted by atomic mass is 35.5. The SMILES string of the molecule is C=CC(=O)Cl.C=CC(=O)Nc1cnn(C)c1-c1n[nH]c2c1CCCC(c1c(F)c(OC)cc(OC)c1F)C2.C=NN(C)/C(=C(\C)N)c1n[nH]c2c1CCCC(c1c(F)c(OC)cc(OC)c1F)C2. The van der Waals surface area contributed by atoms with Gasteiger partial charge in [-0.15, -0.1) is 0 Å². The predicted molar refractivity (Wildman–Crippen MR) is 251 cm³/mol. The number of allylic oxidation sites excluding steroid dienone is 2. The third-order valence-corrected chi connectivity index (χ3v) is 11.9. The summed E-state index contributed by atoms with van der Waals surface area (Å²) >= 11 is 4.71. The molecule has 5 N–H and O–H groups in total. The summed E-state index contributed by atoms with van der Waals surface area (Å²) in [5, 5.41) is 27.0. The summed E-state index contributed by atoms with van der Waals surface area (Å²) in [6.45, 7) is 11.9. The number of nitrogens with zero attached hydrogens (tertiary/aromatic N) is 6. The van der Waals surface area contributed by atoms with E-state index in [9.17, 15) is 9.59 Å². The lowest BCUT2D eigenvalue weighted by molar-refractivity contribution is -0.112. The first-order chi connectivity index (χ1) is 32.5. The van der Waals surface area contributed by atoms with Gasteiger partial charge in [-0.05, 0) is 93.9 Å². The number of H-pyrrole nitrogens is 2. The maximum atomic E-state index is 15.1. The number of rotatable bonds is 13. The normalized spacial score (nSPS) is 15.5. The van der Waals surface area contributed by atoms with Gasteiger partial charge in [0.1, 0.15) is 22.8 Å². The molecule has 0 spiro atoms. The van der Waals surface area contributed by atoms with E-state index < -0.39 is 40.3 Å². The maximum absolute atomic E-state index is 15.1. The molecule has 2 aliphatic rings. The fourth-order valence-electron chi connectivity index (χ4n) is 8.50. The summed E-state index contributed by atoms with van der Waals surface area (Å²) in [4.78, 5) is 21.3. The van der Waals surface area contributed by atoms with Crippen LogP contribution < -0.4 is 30.0 Å². The number of fused-ring (bicyclic) bond motifs is 2. The minimum atomic E-state index is -0.718. The number of anilines is 1. The zero-order valence-corrected chi connectivity index (χ0v) is 39.7. The van der Waals surface area contributed by atoms with Gasteiger partial charge >= 0.3 is 0 Å². The van der Waals surface area contributed by atoms with Crippen molar-refractivity contribution in [3.63, 3.8) is 0 Å². The van der Waals surface area contributed by atoms with E-state index >= 15 is 17.6 Å². The summed E-state index contributed by atoms with van der Waals surface area (Å²) in [6, 6.07) is 2.44. The summed E-state index contributed by atoms with van der Waals surface area (Å²) < 4.78 is 82.3. The molecule has 2 aliphatic carbocycles. The Bertz CT molecular complexity index is 2650. The van der Waals surface area contributed by atoms with Gasteiger partial charge in [-0.2, -0.15) is 20.4 Å². The summed E-state index contributed by atoms with van der Waals surface area (Å²) in [5.41, 5.74) is 13.2. The molecule has 68 heavy (non-hydrogen) atoms. The fraction of sp³-hybridized carbons (Fsp3) is 0.362. The van der Waals surface area contributed by atoms with Crippen LogP contribution in [0.3, 0.4) is 0 Å². The minimum absolute atomic E-state index is 0.0224. The number of carbonyl (C=O) groups is 2. The lowest BCUT2D eigenvalue weighted by Crippen LogP contribution is -2.15. The largest absolute Gasteiger partial charge is 0.494 e. The number of methoxy groups -OCH3 is 4. The van der Waals surface area contributed by atoms with Crippen molar-refractivity contribution in [2.24, 2.45) is 17.9 Å². The highest BCUT2D eigenvalue weighted by Crippen LogP contribution is 2.43. The van der Waals surface area contributed by atoms with Crippen LogP contribution in [0.15, 0.2) is 54.4 Å². The molecule has 16 nitrogen and oxygen atoms in total. The topological polar surface area (TPSA) is 200 Å². The van der Waals surface area contributed by atoms with Crippen LogP contribution in [0.25, 0.3) is 17.1 Å². The van der Waals surface area contributed by atoms with Crippen LogP contribution in [0, 0.1) is 23.3 Å². The molecule has 3 aromatic heterocycles. The van der Waals surface area contributed by atoms with Gasteiger partial charge in [0, 0.05) is 72.3 Å². The first kappa shape index (κ1) is 51.9. The van der Waals surface area contributed by atoms with Crippen molar-refractivity contribution in [3.05, 3.63) is 112 Å². The van der Waals surface area contributed by atoms with Gasteiger partial charge in [0.2, 0.25) is 11.1 Å². The number of aromatic amines is 2. The number of carbonyl (C=O) groups excluding carboxylic acids is 2. The van der Waals surface area contributed by atoms with Gasteiger partial charge in [0.05, 0.1) is 40.3 Å². The average molecular weight is 967 g/mol. The van der Waals surface area contributed by atoms with Crippen molar-refractivity contribution in [1.82, 2.24) is 35.2 Å². The molecule has 0 fully saturated rings. The predicted octanol–water partition coefficient (Wildman–Crippen LogP) is 8.39. The van der Waals surface area contributed by atoms with Gasteiger partial charge in [-0.3, -0.25) is 29.5 Å². The van der Waals surface area contributed by atoms with Crippen molar-refractivity contribution in [1.29, 1.82) is 0 Å². The molecule has 5 aromatic rings. The second kappa shape index (κ2) is 23.1. The van der Waals surface area contributed by atoms with E-state index in [1.165, 1.54) is 46.6 Å². The van der Waals surface area contributed by atoms with Crippen molar-refractivity contribution >= 4 is 40.9 Å². The molecular formula is C47H55ClF4N10O6. The Labute approximate surface area is 396 Å². The molecule has 2 unspecified atom stereocenters. The Morgan fingerprint density at radius 2 is 1.31 bits per heavy atom. The first-order valence-corrected chi connectivity index (χ1v) is 21.6. The van der Waals surface area contributed by atoms with Crippen molar-refractivity contribution in [2.45, 2.75) is 70.1 Å². The lowest BCUT2D eigenvalue weighted by Gasteiger charge is -2.19. The standard InChI is InChI=1S/C23H25F2N5O3.C21H27F2N5O2.C3H3ClO/c1-5-18(31)27-15-11-26-30(2)23(15)22-13-8-6-7-12(9-14(13)28-29-22)19-20(24)16(32-3)10-17(33-4)21(19)25;1-11(24)21(28(3)25-2)20-13-8-6-7-12(9-14(13)26-27-20)17-18(22)15(29-4)10-16(30-5)19(17)23;1-2-3(4)5/h5,10-12H,1,6-9H2,2-4H3,(H,27,31)(H,28,29);10,12H,2,6-9,24H2,1,3-5H3,(H,26,27);2H,1H2/b;21-11+;. The van der Waals surface area contributed by atoms with Crippen molar-refractivity contribution in [3.8, 4) is 34.4 Å². The van der Waals surface area contributed by atoms with E-state index in [4.69, 9.17) is 36.3 Å². The van der Waals surface area contributed by atoms with Gasteiger partial charge in [-0.25, -0.2) is 17.6 Å². The van der Waals surface area contributed by atoms with E-state index in [1.807, 2.05) is 0 Å². The summed E-state index contributed by atoms with van der Waals surface area (Å²) in [7, 11) is 8.86.